The molecule has 2 rings (SSSR count). The highest BCUT2D eigenvalue weighted by molar-refractivity contribution is 8.00. The fourth-order valence-electron chi connectivity index (χ4n) is 2.04. The lowest BCUT2D eigenvalue weighted by Crippen LogP contribution is -2.44. The number of ether oxygens (including phenoxy) is 1. The molecule has 5 nitrogen and oxygen atoms in total. The number of nitrogens with two attached hydrogens (primary N) is 1. The van der Waals surface area contributed by atoms with E-state index in [0.717, 1.165) is 31.1 Å². The van der Waals surface area contributed by atoms with Crippen molar-refractivity contribution in [3.05, 3.63) is 16.1 Å². The molecule has 0 bridgehead atoms. The highest BCUT2D eigenvalue weighted by Crippen LogP contribution is 2.33. The van der Waals surface area contributed by atoms with Crippen molar-refractivity contribution in [2.75, 3.05) is 26.0 Å². The molecule has 1 aliphatic heterocycles. The van der Waals surface area contributed by atoms with Crippen LogP contribution < -0.4 is 11.1 Å². The summed E-state index contributed by atoms with van der Waals surface area (Å²) in [5.41, 5.74) is 5.96. The summed E-state index contributed by atoms with van der Waals surface area (Å²) in [7, 11) is 0. The van der Waals surface area contributed by atoms with Crippen LogP contribution in [0.3, 0.4) is 0 Å². The first kappa shape index (κ1) is 14.8. The van der Waals surface area contributed by atoms with E-state index >= 15 is 0 Å². The van der Waals surface area contributed by atoms with Gasteiger partial charge in [0, 0.05) is 36.4 Å². The molecular formula is C12H19N3O2S2. The standard InChI is InChI=1S/C12H19N3O2S2/c1-18-12(2-4-17-5-3-12)8-14-11(16)9-7-19-10(6-13)15-9/h7H,2-6,8,13H2,1H3,(H,14,16). The van der Waals surface area contributed by atoms with E-state index in [-0.39, 0.29) is 10.7 Å². The molecule has 1 amide bonds. The predicted molar refractivity (Wildman–Crippen MR) is 78.6 cm³/mol. The van der Waals surface area contributed by atoms with Gasteiger partial charge in [0.25, 0.3) is 5.91 Å². The summed E-state index contributed by atoms with van der Waals surface area (Å²) in [5, 5.41) is 5.53. The zero-order chi connectivity index (χ0) is 13.7. The second-order valence-electron chi connectivity index (χ2n) is 4.51. The van der Waals surface area contributed by atoms with Crippen molar-refractivity contribution >= 4 is 29.0 Å². The molecule has 106 valence electrons. The third kappa shape index (κ3) is 3.68. The maximum absolute atomic E-state index is 12.0. The Labute approximate surface area is 121 Å². The van der Waals surface area contributed by atoms with Gasteiger partial charge in [-0.15, -0.1) is 11.3 Å². The first-order valence-corrected chi connectivity index (χ1v) is 8.35. The Balaban J connectivity index is 1.91. The van der Waals surface area contributed by atoms with Crippen LogP contribution in [0, 0.1) is 0 Å². The van der Waals surface area contributed by atoms with E-state index in [0.29, 0.717) is 18.8 Å². The van der Waals surface area contributed by atoms with Crippen molar-refractivity contribution in [1.82, 2.24) is 10.3 Å². The minimum absolute atomic E-state index is 0.0978. The van der Waals surface area contributed by atoms with Crippen molar-refractivity contribution in [1.29, 1.82) is 0 Å². The minimum Gasteiger partial charge on any atom is -0.381 e. The number of amides is 1. The summed E-state index contributed by atoms with van der Waals surface area (Å²) < 4.78 is 5.48. The van der Waals surface area contributed by atoms with Gasteiger partial charge in [0.2, 0.25) is 0 Å². The Hall–Kier alpha value is -0.630. The first-order chi connectivity index (χ1) is 9.19. The lowest BCUT2D eigenvalue weighted by Gasteiger charge is -2.35. The van der Waals surface area contributed by atoms with Crippen LogP contribution in [0.5, 0.6) is 0 Å². The van der Waals surface area contributed by atoms with Crippen molar-refractivity contribution in [3.63, 3.8) is 0 Å². The van der Waals surface area contributed by atoms with E-state index in [2.05, 4.69) is 16.6 Å². The van der Waals surface area contributed by atoms with E-state index < -0.39 is 0 Å². The van der Waals surface area contributed by atoms with Gasteiger partial charge in [-0.05, 0) is 19.1 Å². The molecule has 2 heterocycles. The maximum atomic E-state index is 12.0. The maximum Gasteiger partial charge on any atom is 0.270 e. The molecule has 0 aromatic carbocycles. The zero-order valence-electron chi connectivity index (χ0n) is 11.0. The summed E-state index contributed by atoms with van der Waals surface area (Å²) in [4.78, 5) is 16.2. The Morgan fingerprint density at radius 1 is 1.63 bits per heavy atom. The van der Waals surface area contributed by atoms with Crippen LogP contribution in [0.25, 0.3) is 0 Å². The molecule has 1 aliphatic rings. The molecule has 1 saturated heterocycles. The number of hydrogen-bond donors (Lipinski definition) is 2. The van der Waals surface area contributed by atoms with Gasteiger partial charge in [-0.3, -0.25) is 4.79 Å². The number of carbonyl (C=O) groups excluding carboxylic acids is 1. The Kier molecular flexibility index (Phi) is 5.20. The van der Waals surface area contributed by atoms with Crippen molar-refractivity contribution in [2.45, 2.75) is 24.1 Å². The number of rotatable bonds is 5. The Morgan fingerprint density at radius 3 is 2.95 bits per heavy atom. The predicted octanol–water partition coefficient (Wildman–Crippen LogP) is 1.24. The molecule has 1 aromatic heterocycles. The van der Waals surface area contributed by atoms with Crippen molar-refractivity contribution in [3.8, 4) is 0 Å². The minimum atomic E-state index is -0.115. The van der Waals surface area contributed by atoms with Crippen LogP contribution in [-0.2, 0) is 11.3 Å². The van der Waals surface area contributed by atoms with Crippen LogP contribution in [0.15, 0.2) is 5.38 Å². The third-order valence-corrected chi connectivity index (χ3v) is 5.66. The molecule has 0 aliphatic carbocycles. The number of carbonyl (C=O) groups is 1. The van der Waals surface area contributed by atoms with Crippen molar-refractivity contribution in [2.24, 2.45) is 5.73 Å². The molecule has 1 fully saturated rings. The lowest BCUT2D eigenvalue weighted by molar-refractivity contribution is 0.0741. The average Bonchev–Trinajstić information content (AvgIpc) is 2.95. The van der Waals surface area contributed by atoms with Gasteiger partial charge in [0.1, 0.15) is 10.7 Å². The van der Waals surface area contributed by atoms with E-state index in [1.807, 2.05) is 11.8 Å². The number of aromatic nitrogens is 1. The normalized spacial score (nSPS) is 18.2. The molecular weight excluding hydrogens is 282 g/mol. The average molecular weight is 301 g/mol. The molecule has 3 N–H and O–H groups in total. The molecule has 0 radical (unpaired) electrons. The molecule has 0 unspecified atom stereocenters. The molecule has 0 spiro atoms. The third-order valence-electron chi connectivity index (χ3n) is 3.37. The molecule has 7 heteroatoms. The molecule has 1 aromatic rings. The van der Waals surface area contributed by atoms with Gasteiger partial charge in [-0.1, -0.05) is 0 Å². The van der Waals surface area contributed by atoms with Gasteiger partial charge in [0.05, 0.1) is 0 Å². The van der Waals surface area contributed by atoms with E-state index in [1.165, 1.54) is 11.3 Å². The van der Waals surface area contributed by atoms with Gasteiger partial charge in [0.15, 0.2) is 0 Å². The SMILES string of the molecule is CSC1(CNC(=O)c2csc(CN)n2)CCOCC1. The lowest BCUT2D eigenvalue weighted by atomic mass is 9.99. The summed E-state index contributed by atoms with van der Waals surface area (Å²) in [5.74, 6) is -0.115. The van der Waals surface area contributed by atoms with Crippen LogP contribution >= 0.6 is 23.1 Å². The van der Waals surface area contributed by atoms with Gasteiger partial charge >= 0.3 is 0 Å². The Morgan fingerprint density at radius 2 is 2.37 bits per heavy atom. The fourth-order valence-corrected chi connectivity index (χ4v) is 3.48. The van der Waals surface area contributed by atoms with Crippen molar-refractivity contribution < 1.29 is 9.53 Å². The Bertz CT molecular complexity index is 430. The van der Waals surface area contributed by atoms with E-state index in [4.69, 9.17) is 10.5 Å². The van der Waals surface area contributed by atoms with Crippen LogP contribution in [0.1, 0.15) is 28.3 Å². The van der Waals surface area contributed by atoms with Gasteiger partial charge in [-0.25, -0.2) is 4.98 Å². The quantitative estimate of drug-likeness (QED) is 0.856. The van der Waals surface area contributed by atoms with Gasteiger partial charge in [-0.2, -0.15) is 11.8 Å². The summed E-state index contributed by atoms with van der Waals surface area (Å²) in [6.45, 7) is 2.57. The first-order valence-electron chi connectivity index (χ1n) is 6.25. The summed E-state index contributed by atoms with van der Waals surface area (Å²) in [6, 6.07) is 0. The van der Waals surface area contributed by atoms with E-state index in [9.17, 15) is 4.79 Å². The topological polar surface area (TPSA) is 77.2 Å². The molecule has 0 saturated carbocycles. The summed E-state index contributed by atoms with van der Waals surface area (Å²) >= 11 is 3.23. The number of thiazole rings is 1. The summed E-state index contributed by atoms with van der Waals surface area (Å²) in [6.07, 6.45) is 4.03. The van der Waals surface area contributed by atoms with Crippen LogP contribution in [0.2, 0.25) is 0 Å². The smallest absolute Gasteiger partial charge is 0.270 e. The van der Waals surface area contributed by atoms with Crippen LogP contribution in [0.4, 0.5) is 0 Å². The molecule has 0 atom stereocenters. The monoisotopic (exact) mass is 301 g/mol. The number of nitrogens with one attached hydrogen (secondary N) is 1. The molecule has 19 heavy (non-hydrogen) atoms. The van der Waals surface area contributed by atoms with E-state index in [1.54, 1.807) is 5.38 Å². The number of thioether (sulfide) groups is 1. The van der Waals surface area contributed by atoms with Gasteiger partial charge < -0.3 is 15.8 Å². The second-order valence-corrected chi connectivity index (χ2v) is 6.73. The highest BCUT2D eigenvalue weighted by Gasteiger charge is 2.32. The largest absolute Gasteiger partial charge is 0.381 e. The zero-order valence-corrected chi connectivity index (χ0v) is 12.6. The second kappa shape index (κ2) is 6.69. The highest BCUT2D eigenvalue weighted by atomic mass is 32.2. The number of hydrogen-bond acceptors (Lipinski definition) is 6. The number of nitrogens with zero attached hydrogens (tertiary/aromatic N) is 1. The fraction of sp³-hybridized carbons (Fsp3) is 0.667. The van der Waals surface area contributed by atoms with Crippen LogP contribution in [-0.4, -0.2) is 41.7 Å².